The van der Waals surface area contributed by atoms with E-state index in [9.17, 15) is 13.2 Å². The first-order valence-electron chi connectivity index (χ1n) is 10.7. The quantitative estimate of drug-likeness (QED) is 0.421. The van der Waals surface area contributed by atoms with Gasteiger partial charge in [-0.15, -0.1) is 11.3 Å². The lowest BCUT2D eigenvalue weighted by atomic mass is 10.1. The number of aromatic nitrogens is 2. The summed E-state index contributed by atoms with van der Waals surface area (Å²) >= 11 is 1.41. The third kappa shape index (κ3) is 3.96. The standard InChI is InChI=1S/C24H23N3O4S2/c1-31-20-10-6-5-7-17(20)11-13-26-16-25-23-22(24(26)28)19-12-14-27(15-21(19)32-23)33(29,30)18-8-3-2-4-9-18/h2-10,16H,11-15H2,1H3. The van der Waals surface area contributed by atoms with E-state index in [0.29, 0.717) is 36.1 Å². The molecule has 0 aliphatic carbocycles. The Hall–Kier alpha value is -3.01. The molecule has 0 bridgehead atoms. The van der Waals surface area contributed by atoms with Gasteiger partial charge >= 0.3 is 0 Å². The maximum Gasteiger partial charge on any atom is 0.262 e. The molecule has 7 nitrogen and oxygen atoms in total. The zero-order valence-corrected chi connectivity index (χ0v) is 19.7. The topological polar surface area (TPSA) is 81.5 Å². The summed E-state index contributed by atoms with van der Waals surface area (Å²) in [7, 11) is -1.95. The lowest BCUT2D eigenvalue weighted by Crippen LogP contribution is -2.35. The fourth-order valence-corrected chi connectivity index (χ4v) is 6.96. The van der Waals surface area contributed by atoms with Crippen LogP contribution in [-0.2, 0) is 36.0 Å². The summed E-state index contributed by atoms with van der Waals surface area (Å²) in [6, 6.07) is 16.2. The van der Waals surface area contributed by atoms with Crippen molar-refractivity contribution >= 4 is 31.6 Å². The summed E-state index contributed by atoms with van der Waals surface area (Å²) < 4.78 is 34.6. The third-order valence-electron chi connectivity index (χ3n) is 5.99. The highest BCUT2D eigenvalue weighted by Gasteiger charge is 2.31. The van der Waals surface area contributed by atoms with Crippen LogP contribution in [0.5, 0.6) is 5.75 Å². The van der Waals surface area contributed by atoms with Crippen LogP contribution in [0.1, 0.15) is 16.0 Å². The fraction of sp³-hybridized carbons (Fsp3) is 0.250. The Kier molecular flexibility index (Phi) is 5.77. The number of fused-ring (bicyclic) bond motifs is 3. The zero-order valence-electron chi connectivity index (χ0n) is 18.1. The molecule has 0 N–H and O–H groups in total. The second-order valence-corrected chi connectivity index (χ2v) is 10.9. The van der Waals surface area contributed by atoms with Gasteiger partial charge in [-0.3, -0.25) is 9.36 Å². The first-order chi connectivity index (χ1) is 16.0. The second-order valence-electron chi connectivity index (χ2n) is 7.89. The van der Waals surface area contributed by atoms with Crippen molar-refractivity contribution in [3.8, 4) is 5.75 Å². The second kappa shape index (κ2) is 8.74. The first-order valence-corrected chi connectivity index (χ1v) is 12.9. The Morgan fingerprint density at radius 3 is 2.64 bits per heavy atom. The number of rotatable bonds is 6. The van der Waals surface area contributed by atoms with Crippen molar-refractivity contribution in [2.45, 2.75) is 30.8 Å². The molecule has 0 unspecified atom stereocenters. The van der Waals surface area contributed by atoms with E-state index in [2.05, 4.69) is 4.98 Å². The molecule has 0 amide bonds. The minimum absolute atomic E-state index is 0.0771. The molecule has 1 aliphatic rings. The number of ether oxygens (including phenoxy) is 1. The molecular formula is C24H23N3O4S2. The molecule has 3 heterocycles. The Morgan fingerprint density at radius 2 is 1.85 bits per heavy atom. The molecule has 9 heteroatoms. The molecule has 2 aromatic heterocycles. The predicted molar refractivity (Wildman–Crippen MR) is 128 cm³/mol. The van der Waals surface area contributed by atoms with Gasteiger partial charge in [-0.25, -0.2) is 13.4 Å². The van der Waals surface area contributed by atoms with Crippen molar-refractivity contribution in [2.24, 2.45) is 0 Å². The number of hydrogen-bond acceptors (Lipinski definition) is 6. The van der Waals surface area contributed by atoms with Gasteiger partial charge in [0.15, 0.2) is 0 Å². The molecule has 170 valence electrons. The summed E-state index contributed by atoms with van der Waals surface area (Å²) in [6.07, 6.45) is 2.72. The molecule has 2 aromatic carbocycles. The third-order valence-corrected chi connectivity index (χ3v) is 8.97. The Bertz CT molecular complexity index is 1480. The van der Waals surface area contributed by atoms with Crippen LogP contribution in [0.3, 0.4) is 0 Å². The molecule has 0 saturated carbocycles. The zero-order chi connectivity index (χ0) is 23.0. The number of nitrogens with zero attached hydrogens (tertiary/aromatic N) is 3. The SMILES string of the molecule is COc1ccccc1CCn1cnc2sc3c(c2c1=O)CCN(S(=O)(=O)c1ccccc1)C3. The van der Waals surface area contributed by atoms with Crippen LogP contribution in [0.2, 0.25) is 0 Å². The van der Waals surface area contributed by atoms with Gasteiger partial charge in [0.05, 0.1) is 23.7 Å². The largest absolute Gasteiger partial charge is 0.496 e. The van der Waals surface area contributed by atoms with Gasteiger partial charge < -0.3 is 4.74 Å². The summed E-state index contributed by atoms with van der Waals surface area (Å²) in [4.78, 5) is 19.7. The molecule has 5 rings (SSSR count). The van der Waals surface area contributed by atoms with Gasteiger partial charge in [0.1, 0.15) is 10.6 Å². The maximum absolute atomic E-state index is 13.3. The molecule has 1 aliphatic heterocycles. The highest BCUT2D eigenvalue weighted by atomic mass is 32.2. The highest BCUT2D eigenvalue weighted by Crippen LogP contribution is 2.34. The van der Waals surface area contributed by atoms with Crippen molar-refractivity contribution in [2.75, 3.05) is 13.7 Å². The van der Waals surface area contributed by atoms with E-state index >= 15 is 0 Å². The minimum atomic E-state index is -3.58. The first kappa shape index (κ1) is 21.8. The van der Waals surface area contributed by atoms with Gasteiger partial charge in [-0.05, 0) is 42.2 Å². The Morgan fingerprint density at radius 1 is 1.09 bits per heavy atom. The summed E-state index contributed by atoms with van der Waals surface area (Å²) in [5.41, 5.74) is 1.88. The van der Waals surface area contributed by atoms with Crippen LogP contribution in [0, 0.1) is 0 Å². The number of thiophene rings is 1. The van der Waals surface area contributed by atoms with Crippen molar-refractivity contribution in [1.82, 2.24) is 13.9 Å². The number of hydrogen-bond donors (Lipinski definition) is 0. The molecular weight excluding hydrogens is 458 g/mol. The average molecular weight is 482 g/mol. The predicted octanol–water partition coefficient (Wildman–Crippen LogP) is 3.46. The van der Waals surface area contributed by atoms with Crippen LogP contribution in [0.4, 0.5) is 0 Å². The van der Waals surface area contributed by atoms with Crippen LogP contribution in [0.15, 0.2) is 70.6 Å². The Balaban J connectivity index is 1.43. The number of para-hydroxylation sites is 1. The average Bonchev–Trinajstić information content (AvgIpc) is 3.23. The molecule has 0 saturated heterocycles. The normalized spacial score (nSPS) is 14.3. The number of aryl methyl sites for hydroxylation is 2. The van der Waals surface area contributed by atoms with E-state index in [4.69, 9.17) is 4.74 Å². The summed E-state index contributed by atoms with van der Waals surface area (Å²) in [6.45, 7) is 1.08. The molecule has 0 radical (unpaired) electrons. The van der Waals surface area contributed by atoms with Gasteiger partial charge in [-0.1, -0.05) is 36.4 Å². The van der Waals surface area contributed by atoms with Crippen molar-refractivity contribution < 1.29 is 13.2 Å². The van der Waals surface area contributed by atoms with Crippen LogP contribution < -0.4 is 10.3 Å². The van der Waals surface area contributed by atoms with Crippen LogP contribution in [0.25, 0.3) is 10.2 Å². The lowest BCUT2D eigenvalue weighted by Gasteiger charge is -2.26. The van der Waals surface area contributed by atoms with Crippen molar-refractivity contribution in [3.63, 3.8) is 0 Å². The minimum Gasteiger partial charge on any atom is -0.496 e. The van der Waals surface area contributed by atoms with E-state index in [1.807, 2.05) is 24.3 Å². The Labute approximate surface area is 195 Å². The molecule has 0 fully saturated rings. The van der Waals surface area contributed by atoms with E-state index < -0.39 is 10.0 Å². The number of benzene rings is 2. The van der Waals surface area contributed by atoms with Gasteiger partial charge in [0.25, 0.3) is 5.56 Å². The lowest BCUT2D eigenvalue weighted by molar-refractivity contribution is 0.396. The molecule has 0 atom stereocenters. The smallest absolute Gasteiger partial charge is 0.262 e. The van der Waals surface area contributed by atoms with Crippen molar-refractivity contribution in [1.29, 1.82) is 0 Å². The molecule has 4 aromatic rings. The van der Waals surface area contributed by atoms with Crippen molar-refractivity contribution in [3.05, 3.63) is 87.3 Å². The monoisotopic (exact) mass is 481 g/mol. The van der Waals surface area contributed by atoms with E-state index in [1.165, 1.54) is 15.6 Å². The van der Waals surface area contributed by atoms with Gasteiger partial charge in [0, 0.05) is 24.5 Å². The molecule has 0 spiro atoms. The summed E-state index contributed by atoms with van der Waals surface area (Å²) in [5, 5.41) is 0.620. The summed E-state index contributed by atoms with van der Waals surface area (Å²) in [5.74, 6) is 0.798. The van der Waals surface area contributed by atoms with Crippen LogP contribution >= 0.6 is 11.3 Å². The molecule has 33 heavy (non-hydrogen) atoms. The number of sulfonamides is 1. The van der Waals surface area contributed by atoms with E-state index in [-0.39, 0.29) is 17.0 Å². The van der Waals surface area contributed by atoms with E-state index in [0.717, 1.165) is 21.8 Å². The van der Waals surface area contributed by atoms with Crippen LogP contribution in [-0.4, -0.2) is 35.9 Å². The fourth-order valence-electron chi connectivity index (χ4n) is 4.25. The van der Waals surface area contributed by atoms with Gasteiger partial charge in [0.2, 0.25) is 10.0 Å². The van der Waals surface area contributed by atoms with E-state index in [1.54, 1.807) is 48.3 Å². The maximum atomic E-state index is 13.3. The number of methoxy groups -OCH3 is 1. The highest BCUT2D eigenvalue weighted by molar-refractivity contribution is 7.89. The van der Waals surface area contributed by atoms with Gasteiger partial charge in [-0.2, -0.15) is 4.31 Å².